The third kappa shape index (κ3) is 1.05. The van der Waals surface area contributed by atoms with Crippen LogP contribution in [0.3, 0.4) is 0 Å². The third-order valence-electron chi connectivity index (χ3n) is 3.37. The number of hydrogen-bond acceptors (Lipinski definition) is 2. The smallest absolute Gasteiger partial charge is 0.222 e. The molecule has 0 spiro atoms. The fourth-order valence-corrected chi connectivity index (χ4v) is 2.18. The van der Waals surface area contributed by atoms with Gasteiger partial charge in [-0.25, -0.2) is 0 Å². The third-order valence-corrected chi connectivity index (χ3v) is 3.37. The van der Waals surface area contributed by atoms with Gasteiger partial charge in [-0.3, -0.25) is 4.79 Å². The van der Waals surface area contributed by atoms with Crippen molar-refractivity contribution in [3.63, 3.8) is 0 Å². The summed E-state index contributed by atoms with van der Waals surface area (Å²) in [6.07, 6.45) is 1.14. The molecule has 1 amide bonds. The summed E-state index contributed by atoms with van der Waals surface area (Å²) in [5.74, 6) is 1.32. The number of nitrogens with one attached hydrogen (secondary N) is 1. The Bertz CT molecular complexity index is 269. The summed E-state index contributed by atoms with van der Waals surface area (Å²) in [6, 6.07) is 2.60. The van der Waals surface area contributed by atoms with Gasteiger partial charge in [-0.05, 0) is 18.3 Å². The van der Waals surface area contributed by atoms with E-state index in [-0.39, 0.29) is 17.7 Å². The van der Waals surface area contributed by atoms with Gasteiger partial charge in [0.25, 0.3) is 0 Å². The molecule has 2 atom stereocenters. The maximum Gasteiger partial charge on any atom is 0.222 e. The van der Waals surface area contributed by atoms with Crippen LogP contribution in [0, 0.1) is 35.0 Å². The molecule has 3 nitrogen and oxygen atoms in total. The maximum absolute atomic E-state index is 11.3. The van der Waals surface area contributed by atoms with Crippen LogP contribution in [0.15, 0.2) is 0 Å². The highest BCUT2D eigenvalue weighted by Crippen LogP contribution is 2.58. The Morgan fingerprint density at radius 2 is 2.15 bits per heavy atom. The Hall–Kier alpha value is -1.04. The summed E-state index contributed by atoms with van der Waals surface area (Å²) >= 11 is 0. The molecule has 70 valence electrons. The Morgan fingerprint density at radius 3 is 2.54 bits per heavy atom. The largest absolute Gasteiger partial charge is 0.352 e. The molecule has 13 heavy (non-hydrogen) atoms. The van der Waals surface area contributed by atoms with Crippen LogP contribution in [-0.2, 0) is 4.79 Å². The van der Waals surface area contributed by atoms with Crippen molar-refractivity contribution >= 4 is 5.91 Å². The van der Waals surface area contributed by atoms with Gasteiger partial charge in [-0.1, -0.05) is 13.8 Å². The Kier molecular flexibility index (Phi) is 1.80. The first-order valence-electron chi connectivity index (χ1n) is 4.85. The second-order valence-electron chi connectivity index (χ2n) is 4.41. The van der Waals surface area contributed by atoms with Gasteiger partial charge in [0.2, 0.25) is 5.91 Å². The van der Waals surface area contributed by atoms with Crippen LogP contribution in [0.2, 0.25) is 0 Å². The van der Waals surface area contributed by atoms with E-state index in [1.165, 1.54) is 0 Å². The molecular formula is C10H14N2O. The van der Waals surface area contributed by atoms with E-state index in [2.05, 4.69) is 11.4 Å². The van der Waals surface area contributed by atoms with Crippen LogP contribution in [0.4, 0.5) is 0 Å². The number of carbonyl (C=O) groups is 1. The molecular weight excluding hydrogens is 164 g/mol. The molecule has 0 aromatic rings. The van der Waals surface area contributed by atoms with E-state index in [0.717, 1.165) is 6.42 Å². The number of nitrogens with zero attached hydrogens (tertiary/aromatic N) is 1. The van der Waals surface area contributed by atoms with E-state index < -0.39 is 0 Å². The van der Waals surface area contributed by atoms with Gasteiger partial charge in [0.1, 0.15) is 0 Å². The lowest BCUT2D eigenvalue weighted by Gasteiger charge is -2.61. The molecule has 2 bridgehead atoms. The van der Waals surface area contributed by atoms with Gasteiger partial charge in [-0.15, -0.1) is 0 Å². The summed E-state index contributed by atoms with van der Waals surface area (Å²) in [5.41, 5.74) is 0. The molecule has 3 fully saturated rings. The van der Waals surface area contributed by atoms with Gasteiger partial charge < -0.3 is 5.32 Å². The number of hydrogen-bond donors (Lipinski definition) is 1. The lowest BCUT2D eigenvalue weighted by molar-refractivity contribution is -0.138. The van der Waals surface area contributed by atoms with Crippen LogP contribution in [0.1, 0.15) is 20.3 Å². The zero-order valence-corrected chi connectivity index (χ0v) is 7.95. The van der Waals surface area contributed by atoms with Crippen molar-refractivity contribution in [3.05, 3.63) is 0 Å². The van der Waals surface area contributed by atoms with Crippen molar-refractivity contribution in [1.29, 1.82) is 5.26 Å². The summed E-state index contributed by atoms with van der Waals surface area (Å²) < 4.78 is 0. The predicted octanol–water partition coefficient (Wildman–Crippen LogP) is 0.917. The number of carbonyl (C=O) groups excluding carboxylic acids is 1. The van der Waals surface area contributed by atoms with Gasteiger partial charge in [0, 0.05) is 12.0 Å². The van der Waals surface area contributed by atoms with Gasteiger partial charge in [-0.2, -0.15) is 5.26 Å². The molecule has 0 aliphatic heterocycles. The van der Waals surface area contributed by atoms with E-state index in [1.807, 2.05) is 13.8 Å². The zero-order valence-electron chi connectivity index (χ0n) is 7.95. The number of nitriles is 1. The minimum atomic E-state index is 0.0561. The van der Waals surface area contributed by atoms with Gasteiger partial charge in [0.05, 0.1) is 12.0 Å². The second-order valence-corrected chi connectivity index (χ2v) is 4.41. The van der Waals surface area contributed by atoms with Crippen molar-refractivity contribution in [2.75, 3.05) is 0 Å². The lowest BCUT2D eigenvalue weighted by atomic mass is 9.45. The Labute approximate surface area is 78.1 Å². The topological polar surface area (TPSA) is 52.9 Å². The molecule has 2 unspecified atom stereocenters. The predicted molar refractivity (Wildman–Crippen MR) is 47.5 cm³/mol. The summed E-state index contributed by atoms with van der Waals surface area (Å²) in [5, 5.41) is 11.7. The van der Waals surface area contributed by atoms with E-state index in [0.29, 0.717) is 17.9 Å². The molecule has 3 heteroatoms. The average Bonchev–Trinajstić information content (AvgIpc) is 1.96. The van der Waals surface area contributed by atoms with E-state index in [4.69, 9.17) is 5.26 Å². The van der Waals surface area contributed by atoms with Gasteiger partial charge in [0.15, 0.2) is 0 Å². The molecule has 3 rings (SSSR count). The first kappa shape index (κ1) is 8.55. The van der Waals surface area contributed by atoms with Crippen molar-refractivity contribution in [2.24, 2.45) is 23.7 Å². The summed E-state index contributed by atoms with van der Waals surface area (Å²) in [6.45, 7) is 3.78. The van der Waals surface area contributed by atoms with Crippen molar-refractivity contribution in [1.82, 2.24) is 5.32 Å². The molecule has 0 radical (unpaired) electrons. The highest BCUT2D eigenvalue weighted by molar-refractivity contribution is 5.78. The van der Waals surface area contributed by atoms with E-state index in [9.17, 15) is 4.79 Å². The van der Waals surface area contributed by atoms with Crippen molar-refractivity contribution in [2.45, 2.75) is 26.3 Å². The van der Waals surface area contributed by atoms with Crippen LogP contribution in [0.5, 0.6) is 0 Å². The SMILES string of the molecule is CC(C)C(=O)NC1C2CC1C2C#N. The summed E-state index contributed by atoms with van der Waals surface area (Å²) in [4.78, 5) is 11.3. The van der Waals surface area contributed by atoms with Crippen molar-refractivity contribution < 1.29 is 4.79 Å². The molecule has 3 aliphatic rings. The van der Waals surface area contributed by atoms with E-state index >= 15 is 0 Å². The molecule has 0 heterocycles. The fraction of sp³-hybridized carbons (Fsp3) is 0.800. The van der Waals surface area contributed by atoms with Crippen LogP contribution >= 0.6 is 0 Å². The zero-order chi connectivity index (χ0) is 9.59. The number of amides is 1. The van der Waals surface area contributed by atoms with Crippen LogP contribution in [0.25, 0.3) is 0 Å². The second kappa shape index (κ2) is 2.73. The Morgan fingerprint density at radius 1 is 1.54 bits per heavy atom. The quantitative estimate of drug-likeness (QED) is 0.683. The van der Waals surface area contributed by atoms with E-state index in [1.54, 1.807) is 0 Å². The molecule has 0 saturated heterocycles. The van der Waals surface area contributed by atoms with Crippen LogP contribution in [-0.4, -0.2) is 11.9 Å². The molecule has 1 N–H and O–H groups in total. The molecule has 3 saturated carbocycles. The summed E-state index contributed by atoms with van der Waals surface area (Å²) in [7, 11) is 0. The minimum absolute atomic E-state index is 0.0561. The Balaban J connectivity index is 1.83. The minimum Gasteiger partial charge on any atom is -0.352 e. The molecule has 0 aromatic carbocycles. The number of rotatable bonds is 2. The standard InChI is InChI=1S/C10H14N2O/c1-5(2)10(13)12-9-6-3-7(9)8(6)4-11/h5-9H,3H2,1-2H3,(H,12,13). The monoisotopic (exact) mass is 178 g/mol. The van der Waals surface area contributed by atoms with Crippen LogP contribution < -0.4 is 5.32 Å². The molecule has 0 aromatic heterocycles. The normalized spacial score (nSPS) is 40.2. The first-order valence-corrected chi connectivity index (χ1v) is 4.85. The fourth-order valence-electron chi connectivity index (χ4n) is 2.18. The van der Waals surface area contributed by atoms with Gasteiger partial charge >= 0.3 is 0 Å². The maximum atomic E-state index is 11.3. The molecule has 3 aliphatic carbocycles. The highest BCUT2D eigenvalue weighted by atomic mass is 16.1. The lowest BCUT2D eigenvalue weighted by Crippen LogP contribution is -2.69. The van der Waals surface area contributed by atoms with Crippen molar-refractivity contribution in [3.8, 4) is 6.07 Å². The average molecular weight is 178 g/mol. The highest BCUT2D eigenvalue weighted by Gasteiger charge is 2.62. The first-order chi connectivity index (χ1) is 6.15.